The summed E-state index contributed by atoms with van der Waals surface area (Å²) in [5, 5.41) is 2.67. The number of halogens is 1. The topological polar surface area (TPSA) is 38.7 Å². The fourth-order valence-electron chi connectivity index (χ4n) is 7.05. The van der Waals surface area contributed by atoms with Gasteiger partial charge in [-0.3, -0.25) is 0 Å². The first-order valence-corrected chi connectivity index (χ1v) is 16.1. The molecule has 1 aliphatic carbocycles. The number of rotatable bonds is 4. The van der Waals surface area contributed by atoms with Gasteiger partial charge in [-0.25, -0.2) is 4.98 Å². The summed E-state index contributed by atoms with van der Waals surface area (Å²) in [7, 11) is 0. The van der Waals surface area contributed by atoms with E-state index in [1.165, 1.54) is 53.6 Å². The average Bonchev–Trinajstić information content (AvgIpc) is 3.62. The molecule has 0 radical (unpaired) electrons. The molecule has 2 heterocycles. The van der Waals surface area contributed by atoms with Crippen LogP contribution in [0.3, 0.4) is 0 Å². The first-order chi connectivity index (χ1) is 22.2. The van der Waals surface area contributed by atoms with Crippen molar-refractivity contribution in [2.24, 2.45) is 0 Å². The van der Waals surface area contributed by atoms with Gasteiger partial charge in [-0.15, -0.1) is 11.3 Å². The zero-order valence-electron chi connectivity index (χ0n) is 24.0. The molecule has 0 spiro atoms. The van der Waals surface area contributed by atoms with E-state index in [1.54, 1.807) is 11.3 Å². The molecule has 1 aliphatic rings. The molecule has 5 heteroatoms. The maximum absolute atomic E-state index is 6.52. The van der Waals surface area contributed by atoms with E-state index in [2.05, 4.69) is 156 Å². The third kappa shape index (κ3) is 4.00. The number of thiophene rings is 1. The minimum absolute atomic E-state index is 0.176. The van der Waals surface area contributed by atoms with Crippen molar-refractivity contribution in [1.29, 1.82) is 0 Å². The Morgan fingerprint density at radius 2 is 1.02 bits per heavy atom. The Balaban J connectivity index is 1.17. The van der Waals surface area contributed by atoms with Gasteiger partial charge in [-0.2, -0.15) is 9.97 Å². The molecule has 0 unspecified atom stereocenters. The van der Waals surface area contributed by atoms with Gasteiger partial charge in [0.15, 0.2) is 11.6 Å². The van der Waals surface area contributed by atoms with E-state index < -0.39 is 5.41 Å². The lowest BCUT2D eigenvalue weighted by Gasteiger charge is -2.34. The lowest BCUT2D eigenvalue weighted by atomic mass is 9.67. The number of aromatic nitrogens is 3. The van der Waals surface area contributed by atoms with E-state index >= 15 is 0 Å². The van der Waals surface area contributed by atoms with Crippen LogP contribution < -0.4 is 0 Å². The van der Waals surface area contributed by atoms with Crippen LogP contribution in [0.15, 0.2) is 146 Å². The van der Waals surface area contributed by atoms with E-state index in [4.69, 9.17) is 16.6 Å². The van der Waals surface area contributed by atoms with Crippen LogP contribution in [0.25, 0.3) is 54.1 Å². The normalized spacial score (nSPS) is 13.2. The molecule has 0 saturated carbocycles. The second kappa shape index (κ2) is 10.2. The van der Waals surface area contributed by atoms with Crippen molar-refractivity contribution in [3.05, 3.63) is 173 Å². The molecule has 0 amide bonds. The number of hydrogen-bond donors (Lipinski definition) is 0. The zero-order valence-corrected chi connectivity index (χ0v) is 25.6. The van der Waals surface area contributed by atoms with Gasteiger partial charge < -0.3 is 0 Å². The van der Waals surface area contributed by atoms with Gasteiger partial charge >= 0.3 is 0 Å². The molecule has 9 rings (SSSR count). The summed E-state index contributed by atoms with van der Waals surface area (Å²) in [6, 6.07) is 51.8. The molecule has 3 nitrogen and oxygen atoms in total. The van der Waals surface area contributed by atoms with Crippen molar-refractivity contribution in [3.8, 4) is 33.9 Å². The summed E-state index contributed by atoms with van der Waals surface area (Å²) >= 11 is 8.29. The highest BCUT2D eigenvalue weighted by Gasteiger charge is 2.45. The molecule has 212 valence electrons. The standard InChI is InChI=1S/C40H24ClN3S/c41-39-43-37(42-38(44-39)26-20-23-32-31-14-6-9-17-35(31)45-36(32)24-26)25-18-21-28(22-19-25)40(27-10-2-1-3-11-27)33-15-7-4-12-29(33)30-13-5-8-16-34(30)40/h1-24H. The molecule has 8 aromatic rings. The Morgan fingerprint density at radius 3 is 1.76 bits per heavy atom. The minimum atomic E-state index is -0.450. The van der Waals surface area contributed by atoms with Gasteiger partial charge in [0.1, 0.15) is 0 Å². The first kappa shape index (κ1) is 26.3. The van der Waals surface area contributed by atoms with Crippen LogP contribution in [0.2, 0.25) is 5.28 Å². The van der Waals surface area contributed by atoms with Crippen LogP contribution in [0, 0.1) is 0 Å². The molecular formula is C40H24ClN3S. The Labute approximate surface area is 269 Å². The lowest BCUT2D eigenvalue weighted by molar-refractivity contribution is 0.768. The van der Waals surface area contributed by atoms with Gasteiger partial charge in [-0.05, 0) is 57.1 Å². The quantitative estimate of drug-likeness (QED) is 0.198. The van der Waals surface area contributed by atoms with E-state index in [0.29, 0.717) is 11.6 Å². The molecule has 2 aromatic heterocycles. The van der Waals surface area contributed by atoms with Crippen LogP contribution in [0.4, 0.5) is 0 Å². The van der Waals surface area contributed by atoms with E-state index in [-0.39, 0.29) is 5.28 Å². The maximum atomic E-state index is 6.52. The number of fused-ring (bicyclic) bond motifs is 6. The van der Waals surface area contributed by atoms with Crippen LogP contribution in [0.5, 0.6) is 0 Å². The lowest BCUT2D eigenvalue weighted by Crippen LogP contribution is -2.28. The molecule has 0 fully saturated rings. The highest BCUT2D eigenvalue weighted by atomic mass is 35.5. The Morgan fingerprint density at radius 1 is 0.467 bits per heavy atom. The third-order valence-corrected chi connectivity index (χ3v) is 10.3. The fraction of sp³-hybridized carbons (Fsp3) is 0.0250. The van der Waals surface area contributed by atoms with Crippen LogP contribution >= 0.6 is 22.9 Å². The minimum Gasteiger partial charge on any atom is -0.208 e. The van der Waals surface area contributed by atoms with Gasteiger partial charge in [0.05, 0.1) is 5.41 Å². The van der Waals surface area contributed by atoms with Crippen molar-refractivity contribution >= 4 is 43.1 Å². The van der Waals surface area contributed by atoms with Crippen LogP contribution in [0.1, 0.15) is 22.3 Å². The predicted octanol–water partition coefficient (Wildman–Crippen LogP) is 10.6. The average molecular weight is 614 g/mol. The summed E-state index contributed by atoms with van der Waals surface area (Å²) < 4.78 is 2.46. The number of nitrogens with zero attached hydrogens (tertiary/aromatic N) is 3. The summed E-state index contributed by atoms with van der Waals surface area (Å²) in [4.78, 5) is 14.0. The molecule has 6 aromatic carbocycles. The van der Waals surface area contributed by atoms with Gasteiger partial charge in [-0.1, -0.05) is 133 Å². The highest BCUT2D eigenvalue weighted by Crippen LogP contribution is 2.56. The fourth-order valence-corrected chi connectivity index (χ4v) is 8.36. The van der Waals surface area contributed by atoms with Gasteiger partial charge in [0.25, 0.3) is 0 Å². The van der Waals surface area contributed by atoms with Gasteiger partial charge in [0.2, 0.25) is 5.28 Å². The van der Waals surface area contributed by atoms with Crippen LogP contribution in [-0.4, -0.2) is 15.0 Å². The Kier molecular flexibility index (Phi) is 5.95. The summed E-state index contributed by atoms with van der Waals surface area (Å²) in [5.41, 5.74) is 8.88. The van der Waals surface area contributed by atoms with Crippen molar-refractivity contribution in [3.63, 3.8) is 0 Å². The SMILES string of the molecule is Clc1nc(-c2ccc(C3(c4ccccc4)c4ccccc4-c4ccccc43)cc2)nc(-c2ccc3c(c2)sc2ccccc23)n1. The molecule has 0 N–H and O–H groups in total. The van der Waals surface area contributed by atoms with Crippen LogP contribution in [-0.2, 0) is 5.41 Å². The largest absolute Gasteiger partial charge is 0.226 e. The summed E-state index contributed by atoms with van der Waals surface area (Å²) in [6.45, 7) is 0. The van der Waals surface area contributed by atoms with E-state index in [1.807, 2.05) is 0 Å². The molecule has 0 aliphatic heterocycles. The third-order valence-electron chi connectivity index (χ3n) is 8.98. The highest BCUT2D eigenvalue weighted by molar-refractivity contribution is 7.25. The Bertz CT molecular complexity index is 2350. The molecule has 0 atom stereocenters. The number of benzene rings is 6. The van der Waals surface area contributed by atoms with Gasteiger partial charge in [0, 0.05) is 31.3 Å². The predicted molar refractivity (Wildman–Crippen MR) is 186 cm³/mol. The maximum Gasteiger partial charge on any atom is 0.226 e. The van der Waals surface area contributed by atoms with Crippen molar-refractivity contribution in [2.75, 3.05) is 0 Å². The summed E-state index contributed by atoms with van der Waals surface area (Å²) in [5.74, 6) is 1.11. The summed E-state index contributed by atoms with van der Waals surface area (Å²) in [6.07, 6.45) is 0. The molecule has 0 saturated heterocycles. The monoisotopic (exact) mass is 613 g/mol. The van der Waals surface area contributed by atoms with Crippen molar-refractivity contribution in [1.82, 2.24) is 15.0 Å². The zero-order chi connectivity index (χ0) is 30.0. The second-order valence-corrected chi connectivity index (χ2v) is 12.8. The van der Waals surface area contributed by atoms with Crippen molar-refractivity contribution < 1.29 is 0 Å². The molecule has 0 bridgehead atoms. The smallest absolute Gasteiger partial charge is 0.208 e. The van der Waals surface area contributed by atoms with E-state index in [9.17, 15) is 0 Å². The first-order valence-electron chi connectivity index (χ1n) is 14.9. The van der Waals surface area contributed by atoms with E-state index in [0.717, 1.165) is 11.1 Å². The molecule has 45 heavy (non-hydrogen) atoms. The number of hydrogen-bond acceptors (Lipinski definition) is 4. The Hall–Kier alpha value is -5.16. The van der Waals surface area contributed by atoms with Crippen molar-refractivity contribution in [2.45, 2.75) is 5.41 Å². The second-order valence-electron chi connectivity index (χ2n) is 11.3. The molecular weight excluding hydrogens is 590 g/mol.